The number of carbonyl (C=O) groups excluding carboxylic acids is 1. The summed E-state index contributed by atoms with van der Waals surface area (Å²) in [6.45, 7) is 0.355. The molecule has 0 saturated carbocycles. The first-order valence-electron chi connectivity index (χ1n) is 9.11. The standard InChI is InChI=1S/C21H21ClN4O/c1-25-13-17(22)19(24-25)14-26(21(27)18-10-4-5-12-23-18)20-11-6-8-15-7-2-3-9-16(15)20/h2-5,7,9-10,12-13,20H,6,8,11,14H2,1H3/t20-/m1/s1. The second kappa shape index (κ2) is 7.53. The van der Waals surface area contributed by atoms with Gasteiger partial charge < -0.3 is 4.90 Å². The van der Waals surface area contributed by atoms with E-state index in [-0.39, 0.29) is 11.9 Å². The van der Waals surface area contributed by atoms with Crippen LogP contribution < -0.4 is 0 Å². The van der Waals surface area contributed by atoms with Crippen molar-refractivity contribution in [3.63, 3.8) is 0 Å². The van der Waals surface area contributed by atoms with Gasteiger partial charge in [-0.15, -0.1) is 0 Å². The van der Waals surface area contributed by atoms with E-state index in [1.807, 2.05) is 30.1 Å². The Morgan fingerprint density at radius 2 is 2.07 bits per heavy atom. The Morgan fingerprint density at radius 1 is 1.26 bits per heavy atom. The zero-order valence-electron chi connectivity index (χ0n) is 15.2. The van der Waals surface area contributed by atoms with Crippen molar-refractivity contribution < 1.29 is 4.79 Å². The maximum absolute atomic E-state index is 13.4. The minimum Gasteiger partial charge on any atom is -0.324 e. The highest BCUT2D eigenvalue weighted by atomic mass is 35.5. The van der Waals surface area contributed by atoms with Crippen molar-refractivity contribution in [2.45, 2.75) is 31.8 Å². The van der Waals surface area contributed by atoms with Gasteiger partial charge in [0.05, 0.1) is 17.6 Å². The maximum Gasteiger partial charge on any atom is 0.273 e. The molecule has 0 spiro atoms. The zero-order valence-corrected chi connectivity index (χ0v) is 15.9. The van der Waals surface area contributed by atoms with Crippen LogP contribution in [0.4, 0.5) is 0 Å². The number of nitrogens with zero attached hydrogens (tertiary/aromatic N) is 4. The fourth-order valence-corrected chi connectivity index (χ4v) is 4.02. The van der Waals surface area contributed by atoms with Gasteiger partial charge in [-0.3, -0.25) is 14.5 Å². The lowest BCUT2D eigenvalue weighted by Gasteiger charge is -2.35. The van der Waals surface area contributed by atoms with Crippen molar-refractivity contribution in [1.82, 2.24) is 19.7 Å². The number of fused-ring (bicyclic) bond motifs is 1. The van der Waals surface area contributed by atoms with E-state index < -0.39 is 0 Å². The molecule has 1 atom stereocenters. The molecular formula is C21H21ClN4O. The van der Waals surface area contributed by atoms with Gasteiger partial charge in [0, 0.05) is 19.4 Å². The van der Waals surface area contributed by atoms with Crippen LogP contribution in [0.5, 0.6) is 0 Å². The molecule has 0 aliphatic heterocycles. The van der Waals surface area contributed by atoms with Crippen molar-refractivity contribution in [3.8, 4) is 0 Å². The average Bonchev–Trinajstić information content (AvgIpc) is 3.03. The van der Waals surface area contributed by atoms with E-state index in [1.165, 1.54) is 11.1 Å². The minimum atomic E-state index is -0.0981. The van der Waals surface area contributed by atoms with Crippen LogP contribution in [0.15, 0.2) is 54.9 Å². The fraction of sp³-hybridized carbons (Fsp3) is 0.286. The molecule has 0 fully saturated rings. The molecule has 0 radical (unpaired) electrons. The molecule has 1 aliphatic carbocycles. The van der Waals surface area contributed by atoms with Gasteiger partial charge in [-0.2, -0.15) is 5.10 Å². The van der Waals surface area contributed by atoms with Crippen molar-refractivity contribution >= 4 is 17.5 Å². The molecule has 27 heavy (non-hydrogen) atoms. The lowest BCUT2D eigenvalue weighted by molar-refractivity contribution is 0.0628. The molecule has 1 amide bonds. The van der Waals surface area contributed by atoms with E-state index in [4.69, 9.17) is 11.6 Å². The van der Waals surface area contributed by atoms with Crippen LogP contribution in [0.2, 0.25) is 5.02 Å². The molecule has 1 aromatic carbocycles. The van der Waals surface area contributed by atoms with Crippen LogP contribution in [-0.4, -0.2) is 25.6 Å². The first-order chi connectivity index (χ1) is 13.1. The second-order valence-corrected chi connectivity index (χ2v) is 7.26. The average molecular weight is 381 g/mol. The third-order valence-electron chi connectivity index (χ3n) is 5.03. The Bertz CT molecular complexity index is 954. The van der Waals surface area contributed by atoms with Gasteiger partial charge in [0.15, 0.2) is 0 Å². The summed E-state index contributed by atoms with van der Waals surface area (Å²) in [4.78, 5) is 19.5. The molecule has 2 aromatic heterocycles. The number of aromatic nitrogens is 3. The lowest BCUT2D eigenvalue weighted by atomic mass is 9.86. The van der Waals surface area contributed by atoms with Gasteiger partial charge in [-0.25, -0.2) is 0 Å². The van der Waals surface area contributed by atoms with Gasteiger partial charge in [-0.1, -0.05) is 41.9 Å². The summed E-state index contributed by atoms with van der Waals surface area (Å²) in [5.41, 5.74) is 3.65. The van der Waals surface area contributed by atoms with Crippen LogP contribution in [-0.2, 0) is 20.0 Å². The van der Waals surface area contributed by atoms with E-state index in [1.54, 1.807) is 23.1 Å². The quantitative estimate of drug-likeness (QED) is 0.682. The van der Waals surface area contributed by atoms with E-state index in [2.05, 4.69) is 28.3 Å². The number of aryl methyl sites for hydroxylation is 2. The highest BCUT2D eigenvalue weighted by Gasteiger charge is 2.31. The fourth-order valence-electron chi connectivity index (χ4n) is 3.79. The van der Waals surface area contributed by atoms with E-state index in [0.717, 1.165) is 19.3 Å². The van der Waals surface area contributed by atoms with Crippen LogP contribution in [0.3, 0.4) is 0 Å². The van der Waals surface area contributed by atoms with Crippen LogP contribution in [0.1, 0.15) is 46.2 Å². The number of amides is 1. The SMILES string of the molecule is Cn1cc(Cl)c(CN(C(=O)c2ccccn2)[C@@H]2CCCc3ccccc32)n1. The largest absolute Gasteiger partial charge is 0.324 e. The monoisotopic (exact) mass is 380 g/mol. The molecular weight excluding hydrogens is 360 g/mol. The molecule has 0 unspecified atom stereocenters. The molecule has 3 aromatic rings. The third kappa shape index (κ3) is 3.60. The summed E-state index contributed by atoms with van der Waals surface area (Å²) in [5, 5.41) is 5.02. The van der Waals surface area contributed by atoms with Crippen molar-refractivity contribution in [2.75, 3.05) is 0 Å². The van der Waals surface area contributed by atoms with E-state index in [0.29, 0.717) is 23.0 Å². The topological polar surface area (TPSA) is 51.0 Å². The first-order valence-corrected chi connectivity index (χ1v) is 9.49. The first kappa shape index (κ1) is 17.7. The molecule has 1 aliphatic rings. The number of hydrogen-bond acceptors (Lipinski definition) is 3. The molecule has 138 valence electrons. The minimum absolute atomic E-state index is 0.0115. The number of hydrogen-bond donors (Lipinski definition) is 0. The molecule has 0 bridgehead atoms. The van der Waals surface area contributed by atoms with Crippen LogP contribution >= 0.6 is 11.6 Å². The summed E-state index contributed by atoms with van der Waals surface area (Å²) < 4.78 is 1.68. The normalized spacial score (nSPS) is 16.0. The molecule has 0 saturated heterocycles. The summed E-state index contributed by atoms with van der Waals surface area (Å²) in [6.07, 6.45) is 6.41. The molecule has 2 heterocycles. The second-order valence-electron chi connectivity index (χ2n) is 6.85. The summed E-state index contributed by atoms with van der Waals surface area (Å²) >= 11 is 6.34. The third-order valence-corrected chi connectivity index (χ3v) is 5.35. The Kier molecular flexibility index (Phi) is 4.94. The highest BCUT2D eigenvalue weighted by molar-refractivity contribution is 6.31. The van der Waals surface area contributed by atoms with Crippen molar-refractivity contribution in [3.05, 3.63) is 82.4 Å². The predicted octanol–water partition coefficient (Wildman–Crippen LogP) is 4.19. The molecule has 5 nitrogen and oxygen atoms in total. The van der Waals surface area contributed by atoms with Gasteiger partial charge in [0.2, 0.25) is 0 Å². The van der Waals surface area contributed by atoms with E-state index >= 15 is 0 Å². The number of carbonyl (C=O) groups is 1. The van der Waals surface area contributed by atoms with E-state index in [9.17, 15) is 4.79 Å². The summed E-state index contributed by atoms with van der Waals surface area (Å²) in [5.74, 6) is -0.0981. The number of rotatable bonds is 4. The Morgan fingerprint density at radius 3 is 2.81 bits per heavy atom. The Hall–Kier alpha value is -2.66. The van der Waals surface area contributed by atoms with Crippen molar-refractivity contribution in [2.24, 2.45) is 7.05 Å². The van der Waals surface area contributed by atoms with Crippen LogP contribution in [0.25, 0.3) is 0 Å². The van der Waals surface area contributed by atoms with Gasteiger partial charge in [0.1, 0.15) is 11.4 Å². The predicted molar refractivity (Wildman–Crippen MR) is 104 cm³/mol. The molecule has 0 N–H and O–H groups in total. The van der Waals surface area contributed by atoms with Gasteiger partial charge >= 0.3 is 0 Å². The van der Waals surface area contributed by atoms with Gasteiger partial charge in [0.25, 0.3) is 5.91 Å². The highest BCUT2D eigenvalue weighted by Crippen LogP contribution is 2.36. The van der Waals surface area contributed by atoms with Gasteiger partial charge in [-0.05, 0) is 42.5 Å². The number of halogens is 1. The summed E-state index contributed by atoms with van der Waals surface area (Å²) in [7, 11) is 1.83. The van der Waals surface area contributed by atoms with Crippen molar-refractivity contribution in [1.29, 1.82) is 0 Å². The Balaban J connectivity index is 1.74. The summed E-state index contributed by atoms with van der Waals surface area (Å²) in [6, 6.07) is 13.8. The molecule has 6 heteroatoms. The molecule has 4 rings (SSSR count). The smallest absolute Gasteiger partial charge is 0.273 e. The lowest BCUT2D eigenvalue weighted by Crippen LogP contribution is -2.37. The number of benzene rings is 1. The zero-order chi connectivity index (χ0) is 18.8. The Labute approximate surface area is 163 Å². The number of pyridine rings is 1. The maximum atomic E-state index is 13.4. The van der Waals surface area contributed by atoms with Crippen LogP contribution in [0, 0.1) is 0 Å².